The normalized spacial score (nSPS) is 11.9. The average molecular weight is 251 g/mol. The zero-order valence-corrected chi connectivity index (χ0v) is 10.9. The van der Waals surface area contributed by atoms with E-state index in [0.717, 1.165) is 12.1 Å². The summed E-state index contributed by atoms with van der Waals surface area (Å²) in [4.78, 5) is 15.6. The SMILES string of the molecule is CCNC(=O)c1cc(NCCC(O)CC)ccn1. The monoisotopic (exact) mass is 251 g/mol. The molecule has 0 aliphatic carbocycles. The molecule has 3 N–H and O–H groups in total. The number of aliphatic hydroxyl groups excluding tert-OH is 1. The van der Waals surface area contributed by atoms with Crippen LogP contribution in [0.2, 0.25) is 0 Å². The lowest BCUT2D eigenvalue weighted by atomic mass is 10.2. The molecule has 1 aromatic heterocycles. The number of carbonyl (C=O) groups excluding carboxylic acids is 1. The zero-order chi connectivity index (χ0) is 13.4. The van der Waals surface area contributed by atoms with Crippen molar-refractivity contribution in [2.24, 2.45) is 0 Å². The number of hydrogen-bond acceptors (Lipinski definition) is 4. The second-order valence-corrected chi connectivity index (χ2v) is 4.07. The maximum atomic E-state index is 11.6. The van der Waals surface area contributed by atoms with Gasteiger partial charge in [0.2, 0.25) is 0 Å². The third kappa shape index (κ3) is 4.71. The molecular weight excluding hydrogens is 230 g/mol. The largest absolute Gasteiger partial charge is 0.393 e. The molecule has 0 aliphatic heterocycles. The van der Waals surface area contributed by atoms with Gasteiger partial charge in [-0.25, -0.2) is 0 Å². The number of nitrogens with zero attached hydrogens (tertiary/aromatic N) is 1. The highest BCUT2D eigenvalue weighted by Crippen LogP contribution is 2.08. The van der Waals surface area contributed by atoms with Crippen molar-refractivity contribution in [1.82, 2.24) is 10.3 Å². The van der Waals surface area contributed by atoms with Crippen molar-refractivity contribution >= 4 is 11.6 Å². The number of hydrogen-bond donors (Lipinski definition) is 3. The van der Waals surface area contributed by atoms with E-state index in [-0.39, 0.29) is 12.0 Å². The highest BCUT2D eigenvalue weighted by atomic mass is 16.3. The van der Waals surface area contributed by atoms with Crippen LogP contribution < -0.4 is 10.6 Å². The van der Waals surface area contributed by atoms with Crippen molar-refractivity contribution in [2.75, 3.05) is 18.4 Å². The van der Waals surface area contributed by atoms with Gasteiger partial charge in [0, 0.05) is 25.0 Å². The van der Waals surface area contributed by atoms with Crippen LogP contribution in [-0.4, -0.2) is 35.2 Å². The van der Waals surface area contributed by atoms with Crippen molar-refractivity contribution in [2.45, 2.75) is 32.8 Å². The van der Waals surface area contributed by atoms with Crippen LogP contribution in [0.1, 0.15) is 37.2 Å². The fourth-order valence-corrected chi connectivity index (χ4v) is 1.50. The number of nitrogens with one attached hydrogen (secondary N) is 2. The lowest BCUT2D eigenvalue weighted by Crippen LogP contribution is -2.23. The lowest BCUT2D eigenvalue weighted by Gasteiger charge is -2.10. The van der Waals surface area contributed by atoms with Crippen molar-refractivity contribution in [3.05, 3.63) is 24.0 Å². The lowest BCUT2D eigenvalue weighted by molar-refractivity contribution is 0.0951. The number of aliphatic hydroxyl groups is 1. The molecule has 1 atom stereocenters. The molecule has 0 spiro atoms. The average Bonchev–Trinajstić information content (AvgIpc) is 2.39. The molecule has 1 aromatic rings. The van der Waals surface area contributed by atoms with Crippen molar-refractivity contribution in [3.63, 3.8) is 0 Å². The van der Waals surface area contributed by atoms with Gasteiger partial charge in [-0.2, -0.15) is 0 Å². The number of rotatable bonds is 7. The van der Waals surface area contributed by atoms with Crippen LogP contribution in [0.5, 0.6) is 0 Å². The van der Waals surface area contributed by atoms with Crippen LogP contribution in [-0.2, 0) is 0 Å². The number of anilines is 1. The van der Waals surface area contributed by atoms with Gasteiger partial charge in [0.1, 0.15) is 5.69 Å². The molecule has 1 unspecified atom stereocenters. The van der Waals surface area contributed by atoms with Gasteiger partial charge in [-0.1, -0.05) is 6.92 Å². The summed E-state index contributed by atoms with van der Waals surface area (Å²) in [5.74, 6) is -0.172. The molecule has 18 heavy (non-hydrogen) atoms. The van der Waals surface area contributed by atoms with Gasteiger partial charge in [-0.05, 0) is 31.9 Å². The van der Waals surface area contributed by atoms with Crippen LogP contribution in [0.3, 0.4) is 0 Å². The van der Waals surface area contributed by atoms with Gasteiger partial charge in [-0.15, -0.1) is 0 Å². The van der Waals surface area contributed by atoms with E-state index in [2.05, 4.69) is 15.6 Å². The summed E-state index contributed by atoms with van der Waals surface area (Å²) in [5.41, 5.74) is 1.24. The summed E-state index contributed by atoms with van der Waals surface area (Å²) in [7, 11) is 0. The highest BCUT2D eigenvalue weighted by molar-refractivity contribution is 5.93. The Morgan fingerprint density at radius 2 is 2.28 bits per heavy atom. The third-order valence-corrected chi connectivity index (χ3v) is 2.61. The summed E-state index contributed by atoms with van der Waals surface area (Å²) in [6.07, 6.45) is 2.77. The van der Waals surface area contributed by atoms with Crippen molar-refractivity contribution < 1.29 is 9.90 Å². The minimum atomic E-state index is -0.276. The first-order valence-electron chi connectivity index (χ1n) is 6.33. The number of aromatic nitrogens is 1. The Hall–Kier alpha value is -1.62. The molecule has 1 rings (SSSR count). The standard InChI is InChI=1S/C13H21N3O2/c1-3-11(17)6-8-15-10-5-7-16-12(9-10)13(18)14-4-2/h5,7,9,11,17H,3-4,6,8H2,1-2H3,(H,14,18)(H,15,16). The summed E-state index contributed by atoms with van der Waals surface area (Å²) in [5, 5.41) is 15.3. The number of carbonyl (C=O) groups is 1. The quantitative estimate of drug-likeness (QED) is 0.685. The molecule has 0 fully saturated rings. The van der Waals surface area contributed by atoms with Gasteiger partial charge < -0.3 is 15.7 Å². The van der Waals surface area contributed by atoms with Gasteiger partial charge in [-0.3, -0.25) is 9.78 Å². The molecule has 5 nitrogen and oxygen atoms in total. The minimum Gasteiger partial charge on any atom is -0.393 e. The maximum Gasteiger partial charge on any atom is 0.269 e. The first-order valence-corrected chi connectivity index (χ1v) is 6.33. The van der Waals surface area contributed by atoms with E-state index in [1.54, 1.807) is 18.3 Å². The Kier molecular flexibility index (Phi) is 6.14. The van der Waals surface area contributed by atoms with Crippen LogP contribution in [0.15, 0.2) is 18.3 Å². The Morgan fingerprint density at radius 3 is 2.94 bits per heavy atom. The highest BCUT2D eigenvalue weighted by Gasteiger charge is 2.06. The van der Waals surface area contributed by atoms with Crippen molar-refractivity contribution in [3.8, 4) is 0 Å². The predicted octanol–water partition coefficient (Wildman–Crippen LogP) is 1.40. The topological polar surface area (TPSA) is 74.2 Å². The Balaban J connectivity index is 2.51. The molecule has 0 radical (unpaired) electrons. The third-order valence-electron chi connectivity index (χ3n) is 2.61. The first-order chi connectivity index (χ1) is 8.67. The zero-order valence-electron chi connectivity index (χ0n) is 10.9. The Labute approximate surface area is 108 Å². The van der Waals surface area contributed by atoms with Crippen molar-refractivity contribution in [1.29, 1.82) is 0 Å². The van der Waals surface area contributed by atoms with Gasteiger partial charge in [0.15, 0.2) is 0 Å². The van der Waals surface area contributed by atoms with Crippen LogP contribution >= 0.6 is 0 Å². The molecule has 100 valence electrons. The minimum absolute atomic E-state index is 0.172. The summed E-state index contributed by atoms with van der Waals surface area (Å²) in [6.45, 7) is 5.07. The molecule has 5 heteroatoms. The number of amides is 1. The van der Waals surface area contributed by atoms with Gasteiger partial charge in [0.25, 0.3) is 5.91 Å². The van der Waals surface area contributed by atoms with E-state index < -0.39 is 0 Å². The molecule has 1 heterocycles. The Bertz CT molecular complexity index is 382. The smallest absolute Gasteiger partial charge is 0.269 e. The van der Waals surface area contributed by atoms with Gasteiger partial charge >= 0.3 is 0 Å². The maximum absolute atomic E-state index is 11.6. The summed E-state index contributed by atoms with van der Waals surface area (Å²) >= 11 is 0. The molecular formula is C13H21N3O2. The molecule has 1 amide bonds. The second-order valence-electron chi connectivity index (χ2n) is 4.07. The Morgan fingerprint density at radius 1 is 1.50 bits per heavy atom. The fraction of sp³-hybridized carbons (Fsp3) is 0.538. The van der Waals surface area contributed by atoms with E-state index >= 15 is 0 Å². The van der Waals surface area contributed by atoms with Crippen LogP contribution in [0, 0.1) is 0 Å². The fourth-order valence-electron chi connectivity index (χ4n) is 1.50. The molecule has 0 saturated heterocycles. The first kappa shape index (κ1) is 14.4. The molecule has 0 bridgehead atoms. The van der Waals surface area contributed by atoms with Crippen LogP contribution in [0.4, 0.5) is 5.69 Å². The van der Waals surface area contributed by atoms with E-state index in [1.807, 2.05) is 13.8 Å². The molecule has 0 saturated carbocycles. The summed E-state index contributed by atoms with van der Waals surface area (Å²) in [6, 6.07) is 3.52. The molecule has 0 aromatic carbocycles. The number of pyridine rings is 1. The van der Waals surface area contributed by atoms with E-state index in [0.29, 0.717) is 25.2 Å². The second kappa shape index (κ2) is 7.66. The summed E-state index contributed by atoms with van der Waals surface area (Å²) < 4.78 is 0. The predicted molar refractivity (Wildman–Crippen MR) is 71.6 cm³/mol. The van der Waals surface area contributed by atoms with E-state index in [4.69, 9.17) is 0 Å². The van der Waals surface area contributed by atoms with Crippen LogP contribution in [0.25, 0.3) is 0 Å². The molecule has 0 aliphatic rings. The van der Waals surface area contributed by atoms with Gasteiger partial charge in [0.05, 0.1) is 6.10 Å². The van der Waals surface area contributed by atoms with E-state index in [9.17, 15) is 9.90 Å². The van der Waals surface area contributed by atoms with E-state index in [1.165, 1.54) is 0 Å².